The lowest BCUT2D eigenvalue weighted by Crippen LogP contribution is -2.47. The van der Waals surface area contributed by atoms with Crippen molar-refractivity contribution in [1.82, 2.24) is 9.21 Å². The molecule has 0 N–H and O–H groups in total. The molecule has 1 aliphatic carbocycles. The second-order valence-electron chi connectivity index (χ2n) is 8.91. The van der Waals surface area contributed by atoms with Crippen molar-refractivity contribution in [3.8, 4) is 0 Å². The fourth-order valence-electron chi connectivity index (χ4n) is 4.46. The number of benzene rings is 2. The molecule has 1 aromatic heterocycles. The third-order valence-corrected chi connectivity index (χ3v) is 8.75. The monoisotopic (exact) mass is 508 g/mol. The Bertz CT molecular complexity index is 1190. The number of thiophene rings is 1. The van der Waals surface area contributed by atoms with Crippen molar-refractivity contribution in [1.29, 1.82) is 0 Å². The average Bonchev–Trinajstić information content (AvgIpc) is 3.40. The lowest BCUT2D eigenvalue weighted by Gasteiger charge is -2.33. The van der Waals surface area contributed by atoms with Crippen molar-refractivity contribution in [2.45, 2.75) is 51.2 Å². The highest BCUT2D eigenvalue weighted by atomic mass is 32.2. The van der Waals surface area contributed by atoms with E-state index >= 15 is 0 Å². The van der Waals surface area contributed by atoms with Gasteiger partial charge in [0.05, 0.1) is 13.1 Å². The first-order chi connectivity index (χ1) is 17.0. The van der Waals surface area contributed by atoms with Crippen LogP contribution in [-0.2, 0) is 27.9 Å². The van der Waals surface area contributed by atoms with Crippen molar-refractivity contribution in [2.24, 2.45) is 0 Å². The van der Waals surface area contributed by atoms with E-state index in [-0.39, 0.29) is 18.5 Å². The van der Waals surface area contributed by atoms with Crippen LogP contribution in [-0.4, -0.2) is 36.1 Å². The summed E-state index contributed by atoms with van der Waals surface area (Å²) in [7, 11) is -3.78. The molecular formula is C28H32N2O3S2. The maximum absolute atomic E-state index is 13.6. The first-order valence-electron chi connectivity index (χ1n) is 12.1. The van der Waals surface area contributed by atoms with Gasteiger partial charge in [-0.1, -0.05) is 86.0 Å². The highest BCUT2D eigenvalue weighted by Crippen LogP contribution is 2.26. The van der Waals surface area contributed by atoms with Crippen LogP contribution in [0.5, 0.6) is 0 Å². The Morgan fingerprint density at radius 3 is 2.23 bits per heavy atom. The lowest BCUT2D eigenvalue weighted by molar-refractivity contribution is -0.133. The molecule has 5 nitrogen and oxygen atoms in total. The predicted octanol–water partition coefficient (Wildman–Crippen LogP) is 5.91. The van der Waals surface area contributed by atoms with Crippen LogP contribution in [0, 0.1) is 0 Å². The zero-order valence-corrected chi connectivity index (χ0v) is 21.5. The topological polar surface area (TPSA) is 57.7 Å². The fourth-order valence-corrected chi connectivity index (χ4v) is 6.58. The highest BCUT2D eigenvalue weighted by Gasteiger charge is 2.32. The third kappa shape index (κ3) is 7.37. The van der Waals surface area contributed by atoms with E-state index in [1.54, 1.807) is 22.3 Å². The summed E-state index contributed by atoms with van der Waals surface area (Å²) < 4.78 is 28.5. The normalized spacial score (nSPS) is 15.0. The van der Waals surface area contributed by atoms with E-state index in [0.29, 0.717) is 13.1 Å². The van der Waals surface area contributed by atoms with Gasteiger partial charge in [-0.15, -0.1) is 11.3 Å². The van der Waals surface area contributed by atoms with Crippen LogP contribution < -0.4 is 0 Å². The Kier molecular flexibility index (Phi) is 8.90. The molecule has 4 rings (SSSR count). The summed E-state index contributed by atoms with van der Waals surface area (Å²) in [5.74, 6) is -0.176. The van der Waals surface area contributed by atoms with E-state index < -0.39 is 10.0 Å². The molecule has 1 fully saturated rings. The number of carbonyl (C=O) groups excluding carboxylic acids is 1. The Morgan fingerprint density at radius 1 is 0.886 bits per heavy atom. The molecular weight excluding hydrogens is 476 g/mol. The first-order valence-corrected chi connectivity index (χ1v) is 14.5. The standard InChI is InChI=1S/C28H32N2O3S2/c31-28(29(22-27-17-10-19-34-27)21-25-13-6-2-7-14-25)23-30(26-15-8-3-9-16-26)35(32,33)20-18-24-11-4-1-5-12-24/h1-2,4-7,10-14,17-20,26H,3,8-9,15-16,21-23H2/b20-18+. The van der Waals surface area contributed by atoms with Crippen LogP contribution in [0.4, 0.5) is 0 Å². The van der Waals surface area contributed by atoms with Crippen LogP contribution in [0.25, 0.3) is 6.08 Å². The minimum absolute atomic E-state index is 0.148. The zero-order chi connectivity index (χ0) is 24.5. The zero-order valence-electron chi connectivity index (χ0n) is 19.8. The summed E-state index contributed by atoms with van der Waals surface area (Å²) in [6.45, 7) is 0.754. The van der Waals surface area contributed by atoms with Crippen molar-refractivity contribution in [3.63, 3.8) is 0 Å². The number of carbonyl (C=O) groups is 1. The van der Waals surface area contributed by atoms with Crippen molar-refractivity contribution < 1.29 is 13.2 Å². The molecule has 3 aromatic rings. The van der Waals surface area contributed by atoms with Gasteiger partial charge in [0.25, 0.3) is 0 Å². The van der Waals surface area contributed by atoms with Crippen LogP contribution in [0.15, 0.2) is 83.6 Å². The van der Waals surface area contributed by atoms with Crippen LogP contribution in [0.3, 0.4) is 0 Å². The second kappa shape index (κ2) is 12.3. The Morgan fingerprint density at radius 2 is 1.57 bits per heavy atom. The molecule has 1 heterocycles. The molecule has 0 unspecified atom stereocenters. The molecule has 2 aromatic carbocycles. The summed E-state index contributed by atoms with van der Waals surface area (Å²) in [6, 6.07) is 23.0. The van der Waals surface area contributed by atoms with Gasteiger partial charge < -0.3 is 4.90 Å². The third-order valence-electron chi connectivity index (χ3n) is 6.33. The molecule has 7 heteroatoms. The summed E-state index contributed by atoms with van der Waals surface area (Å²) >= 11 is 1.60. The Balaban J connectivity index is 1.57. The smallest absolute Gasteiger partial charge is 0.238 e. The molecule has 0 aliphatic heterocycles. The van der Waals surface area contributed by atoms with E-state index in [9.17, 15) is 13.2 Å². The van der Waals surface area contributed by atoms with E-state index in [1.165, 1.54) is 9.71 Å². The Hall–Kier alpha value is -2.74. The SMILES string of the molecule is O=C(CN(C1CCCCC1)S(=O)(=O)/C=C/c1ccccc1)N(Cc1ccccc1)Cc1cccs1. The number of sulfonamides is 1. The first kappa shape index (κ1) is 25.4. The van der Waals surface area contributed by atoms with Gasteiger partial charge in [-0.2, -0.15) is 4.31 Å². The highest BCUT2D eigenvalue weighted by molar-refractivity contribution is 7.92. The molecule has 0 atom stereocenters. The molecule has 184 valence electrons. The number of rotatable bonds is 10. The van der Waals surface area contributed by atoms with Crippen molar-refractivity contribution >= 4 is 33.3 Å². The van der Waals surface area contributed by atoms with Crippen molar-refractivity contribution in [3.05, 3.63) is 99.6 Å². The number of hydrogen-bond acceptors (Lipinski definition) is 4. The number of amides is 1. The van der Waals surface area contributed by atoms with Crippen LogP contribution in [0.2, 0.25) is 0 Å². The van der Waals surface area contributed by atoms with E-state index in [2.05, 4.69) is 0 Å². The lowest BCUT2D eigenvalue weighted by atomic mass is 9.95. The molecule has 0 bridgehead atoms. The van der Waals surface area contributed by atoms with Crippen LogP contribution in [0.1, 0.15) is 48.1 Å². The van der Waals surface area contributed by atoms with Crippen LogP contribution >= 0.6 is 11.3 Å². The molecule has 1 saturated carbocycles. The predicted molar refractivity (Wildman–Crippen MR) is 143 cm³/mol. The summed E-state index contributed by atoms with van der Waals surface area (Å²) in [6.07, 6.45) is 6.26. The summed E-state index contributed by atoms with van der Waals surface area (Å²) in [4.78, 5) is 16.5. The molecule has 0 radical (unpaired) electrons. The summed E-state index contributed by atoms with van der Waals surface area (Å²) in [5, 5.41) is 3.25. The maximum Gasteiger partial charge on any atom is 0.238 e. The maximum atomic E-state index is 13.6. The largest absolute Gasteiger partial charge is 0.332 e. The van der Waals surface area contributed by atoms with E-state index in [1.807, 2.05) is 78.2 Å². The molecule has 1 amide bonds. The minimum Gasteiger partial charge on any atom is -0.332 e. The van der Waals surface area contributed by atoms with Gasteiger partial charge in [0, 0.05) is 22.9 Å². The van der Waals surface area contributed by atoms with Gasteiger partial charge in [-0.3, -0.25) is 4.79 Å². The van der Waals surface area contributed by atoms with Gasteiger partial charge in [-0.25, -0.2) is 8.42 Å². The number of hydrogen-bond donors (Lipinski definition) is 0. The van der Waals surface area contributed by atoms with Gasteiger partial charge in [0.1, 0.15) is 0 Å². The van der Waals surface area contributed by atoms with E-state index in [4.69, 9.17) is 0 Å². The molecule has 1 aliphatic rings. The summed E-state index contributed by atoms with van der Waals surface area (Å²) in [5.41, 5.74) is 1.84. The second-order valence-corrected chi connectivity index (χ2v) is 11.7. The molecule has 0 saturated heterocycles. The van der Waals surface area contributed by atoms with Gasteiger partial charge in [0.15, 0.2) is 0 Å². The quantitative estimate of drug-likeness (QED) is 0.342. The van der Waals surface area contributed by atoms with Crippen molar-refractivity contribution in [2.75, 3.05) is 6.54 Å². The van der Waals surface area contributed by atoms with Gasteiger partial charge in [-0.05, 0) is 41.5 Å². The Labute approximate surface area is 212 Å². The molecule has 0 spiro atoms. The fraction of sp³-hybridized carbons (Fsp3) is 0.321. The average molecular weight is 509 g/mol. The number of nitrogens with zero attached hydrogens (tertiary/aromatic N) is 2. The molecule has 35 heavy (non-hydrogen) atoms. The van der Waals surface area contributed by atoms with Gasteiger partial charge >= 0.3 is 0 Å². The van der Waals surface area contributed by atoms with E-state index in [0.717, 1.165) is 48.1 Å². The van der Waals surface area contributed by atoms with Gasteiger partial charge in [0.2, 0.25) is 15.9 Å². The minimum atomic E-state index is -3.78.